The molecule has 22 heavy (non-hydrogen) atoms. The number of carbonyl (C=O) groups is 2. The fourth-order valence-corrected chi connectivity index (χ4v) is 2.41. The third kappa shape index (κ3) is 6.10. The smallest absolute Gasteiger partial charge is 1.00 e. The van der Waals surface area contributed by atoms with Gasteiger partial charge in [-0.05, 0) is 12.0 Å². The van der Waals surface area contributed by atoms with Gasteiger partial charge in [0.2, 0.25) is 0 Å². The molecular weight excluding hydrogens is 286 g/mol. The molecule has 1 aromatic rings. The Morgan fingerprint density at radius 1 is 1.00 bits per heavy atom. The van der Waals surface area contributed by atoms with Crippen LogP contribution in [-0.2, 0) is 15.0 Å². The molecule has 0 aliphatic heterocycles. The zero-order valence-corrected chi connectivity index (χ0v) is 15.8. The molecule has 0 aliphatic rings. The molecule has 0 saturated carbocycles. The van der Waals surface area contributed by atoms with Crippen LogP contribution in [0.25, 0.3) is 0 Å². The van der Waals surface area contributed by atoms with Gasteiger partial charge in [0.25, 0.3) is 0 Å². The SMILES string of the molecule is CCCCCCCC(C(=O)O)(C(=O)O)c1ccccc1.[H-].[H-].[Li+].[Na+]. The van der Waals surface area contributed by atoms with Gasteiger partial charge >= 0.3 is 60.4 Å². The molecule has 0 radical (unpaired) electrons. The normalized spacial score (nSPS) is 10.2. The Labute approximate surface area is 169 Å². The summed E-state index contributed by atoms with van der Waals surface area (Å²) in [5, 5.41) is 18.9. The average Bonchev–Trinajstić information content (AvgIpc) is 2.43. The second kappa shape index (κ2) is 12.2. The Bertz CT molecular complexity index is 447. The zero-order chi connectivity index (χ0) is 15.0. The van der Waals surface area contributed by atoms with E-state index in [9.17, 15) is 19.8 Å². The van der Waals surface area contributed by atoms with E-state index in [1.165, 1.54) is 0 Å². The molecule has 0 atom stereocenters. The first kappa shape index (κ1) is 24.0. The van der Waals surface area contributed by atoms with E-state index < -0.39 is 17.4 Å². The van der Waals surface area contributed by atoms with Crippen LogP contribution < -0.4 is 48.4 Å². The molecule has 0 aromatic heterocycles. The van der Waals surface area contributed by atoms with Gasteiger partial charge in [-0.25, -0.2) is 0 Å². The topological polar surface area (TPSA) is 74.6 Å². The van der Waals surface area contributed by atoms with Crippen molar-refractivity contribution in [2.75, 3.05) is 0 Å². The molecule has 0 spiro atoms. The predicted molar refractivity (Wildman–Crippen MR) is 79.0 cm³/mol. The maximum absolute atomic E-state index is 11.6. The maximum atomic E-state index is 11.6. The van der Waals surface area contributed by atoms with Crippen LogP contribution in [0.5, 0.6) is 0 Å². The van der Waals surface area contributed by atoms with E-state index >= 15 is 0 Å². The summed E-state index contributed by atoms with van der Waals surface area (Å²) in [6.45, 7) is 2.10. The summed E-state index contributed by atoms with van der Waals surface area (Å²) >= 11 is 0. The number of aliphatic carboxylic acids is 2. The van der Waals surface area contributed by atoms with Crippen molar-refractivity contribution >= 4 is 11.9 Å². The molecule has 0 heterocycles. The minimum Gasteiger partial charge on any atom is -1.00 e. The summed E-state index contributed by atoms with van der Waals surface area (Å²) in [7, 11) is 0. The molecule has 0 saturated heterocycles. The van der Waals surface area contributed by atoms with Gasteiger partial charge in [-0.2, -0.15) is 0 Å². The van der Waals surface area contributed by atoms with E-state index in [0.29, 0.717) is 12.0 Å². The van der Waals surface area contributed by atoms with Crippen molar-refractivity contribution in [3.05, 3.63) is 35.9 Å². The third-order valence-corrected chi connectivity index (χ3v) is 3.65. The molecule has 0 amide bonds. The van der Waals surface area contributed by atoms with E-state index in [0.717, 1.165) is 25.7 Å². The number of unbranched alkanes of at least 4 members (excludes halogenated alkanes) is 4. The number of carboxylic acids is 2. The van der Waals surface area contributed by atoms with E-state index in [-0.39, 0.29) is 57.7 Å². The van der Waals surface area contributed by atoms with Crippen molar-refractivity contribution in [3.8, 4) is 0 Å². The molecule has 1 aromatic carbocycles. The van der Waals surface area contributed by atoms with Gasteiger partial charge in [-0.15, -0.1) is 0 Å². The molecule has 0 aliphatic carbocycles. The molecule has 6 heteroatoms. The van der Waals surface area contributed by atoms with Gasteiger partial charge in [0.05, 0.1) is 0 Å². The molecular formula is C16H24LiNaO4. The Balaban J connectivity index is -0.000000500. The van der Waals surface area contributed by atoms with Crippen molar-refractivity contribution in [1.82, 2.24) is 0 Å². The third-order valence-electron chi connectivity index (χ3n) is 3.65. The number of carboxylic acid groups (broad SMARTS) is 2. The van der Waals surface area contributed by atoms with Gasteiger partial charge in [0.15, 0.2) is 5.41 Å². The fraction of sp³-hybridized carbons (Fsp3) is 0.500. The first-order valence-corrected chi connectivity index (χ1v) is 7.08. The van der Waals surface area contributed by atoms with Gasteiger partial charge in [-0.3, -0.25) is 9.59 Å². The van der Waals surface area contributed by atoms with Crippen LogP contribution in [0.1, 0.15) is 53.9 Å². The average molecular weight is 310 g/mol. The van der Waals surface area contributed by atoms with Gasteiger partial charge in [0, 0.05) is 0 Å². The Morgan fingerprint density at radius 2 is 1.50 bits per heavy atom. The summed E-state index contributed by atoms with van der Waals surface area (Å²) in [5.74, 6) is -2.57. The summed E-state index contributed by atoms with van der Waals surface area (Å²) < 4.78 is 0. The second-order valence-corrected chi connectivity index (χ2v) is 5.05. The van der Waals surface area contributed by atoms with Crippen LogP contribution >= 0.6 is 0 Å². The van der Waals surface area contributed by atoms with Crippen molar-refractivity contribution in [2.45, 2.75) is 50.9 Å². The Kier molecular flexibility index (Phi) is 13.3. The monoisotopic (exact) mass is 310 g/mol. The van der Waals surface area contributed by atoms with Crippen LogP contribution in [0.4, 0.5) is 0 Å². The van der Waals surface area contributed by atoms with Crippen molar-refractivity contribution < 1.29 is 71.1 Å². The van der Waals surface area contributed by atoms with Crippen molar-refractivity contribution in [1.29, 1.82) is 0 Å². The second-order valence-electron chi connectivity index (χ2n) is 5.05. The molecule has 0 fully saturated rings. The van der Waals surface area contributed by atoms with Crippen molar-refractivity contribution in [2.24, 2.45) is 0 Å². The standard InChI is InChI=1S/C16H22O4.Li.Na.2H/c1-2-3-4-5-9-12-16(14(17)18,15(19)20)13-10-7-6-8-11-13;;;;/h6-8,10-11H,2-5,9,12H2,1H3,(H,17,18)(H,19,20);;;;/q;2*+1;2*-1. The van der Waals surface area contributed by atoms with Crippen LogP contribution in [-0.4, -0.2) is 22.2 Å². The number of hydrogen-bond donors (Lipinski definition) is 2. The minimum atomic E-state index is -1.83. The van der Waals surface area contributed by atoms with E-state index in [2.05, 4.69) is 6.92 Å². The summed E-state index contributed by atoms with van der Waals surface area (Å²) in [4.78, 5) is 23.2. The molecule has 4 nitrogen and oxygen atoms in total. The number of rotatable bonds is 9. The summed E-state index contributed by atoms with van der Waals surface area (Å²) in [5.41, 5.74) is -1.48. The quantitative estimate of drug-likeness (QED) is 0.305. The summed E-state index contributed by atoms with van der Waals surface area (Å²) in [6, 6.07) is 8.25. The van der Waals surface area contributed by atoms with Crippen LogP contribution in [0, 0.1) is 0 Å². The Hall–Kier alpha value is -0.243. The number of hydrogen-bond acceptors (Lipinski definition) is 2. The van der Waals surface area contributed by atoms with Crippen molar-refractivity contribution in [3.63, 3.8) is 0 Å². The van der Waals surface area contributed by atoms with Crippen LogP contribution in [0.2, 0.25) is 0 Å². The molecule has 1 rings (SSSR count). The molecule has 2 N–H and O–H groups in total. The zero-order valence-electron chi connectivity index (χ0n) is 15.8. The van der Waals surface area contributed by atoms with E-state index in [1.807, 2.05) is 0 Å². The predicted octanol–water partition coefficient (Wildman–Crippen LogP) is -2.31. The number of benzene rings is 1. The summed E-state index contributed by atoms with van der Waals surface area (Å²) in [6.07, 6.45) is 4.81. The molecule has 114 valence electrons. The van der Waals surface area contributed by atoms with Gasteiger partial charge < -0.3 is 13.1 Å². The maximum Gasteiger partial charge on any atom is 1.00 e. The van der Waals surface area contributed by atoms with E-state index in [4.69, 9.17) is 0 Å². The van der Waals surface area contributed by atoms with Crippen LogP contribution in [0.15, 0.2) is 30.3 Å². The first-order chi connectivity index (χ1) is 9.55. The molecule has 0 bridgehead atoms. The fourth-order valence-electron chi connectivity index (χ4n) is 2.41. The minimum absolute atomic E-state index is 0. The van der Waals surface area contributed by atoms with E-state index in [1.54, 1.807) is 30.3 Å². The van der Waals surface area contributed by atoms with Crippen LogP contribution in [0.3, 0.4) is 0 Å². The van der Waals surface area contributed by atoms with Gasteiger partial charge in [-0.1, -0.05) is 69.4 Å². The largest absolute Gasteiger partial charge is 1.00 e. The first-order valence-electron chi connectivity index (χ1n) is 7.08. The van der Waals surface area contributed by atoms with Gasteiger partial charge in [0.1, 0.15) is 0 Å². The molecule has 0 unspecified atom stereocenters. The Morgan fingerprint density at radius 3 is 1.95 bits per heavy atom.